The second kappa shape index (κ2) is 6.58. The van der Waals surface area contributed by atoms with Crippen molar-refractivity contribution in [3.8, 4) is 0 Å². The van der Waals surface area contributed by atoms with Gasteiger partial charge < -0.3 is 15.3 Å². The summed E-state index contributed by atoms with van der Waals surface area (Å²) in [6, 6.07) is 5.75. The normalized spacial score (nSPS) is 9.89. The van der Waals surface area contributed by atoms with Crippen LogP contribution in [0.3, 0.4) is 0 Å². The fraction of sp³-hybridized carbons (Fsp3) is 0.333. The van der Waals surface area contributed by atoms with Crippen molar-refractivity contribution in [3.05, 3.63) is 35.6 Å². The zero-order chi connectivity index (χ0) is 13.5. The third-order valence-corrected chi connectivity index (χ3v) is 2.33. The lowest BCUT2D eigenvalue weighted by Crippen LogP contribution is -2.37. The molecule has 0 saturated carbocycles. The van der Waals surface area contributed by atoms with Gasteiger partial charge in [-0.3, -0.25) is 4.79 Å². The van der Waals surface area contributed by atoms with Crippen LogP contribution in [-0.2, 0) is 11.3 Å². The minimum atomic E-state index is -0.980. The van der Waals surface area contributed by atoms with E-state index in [-0.39, 0.29) is 25.3 Å². The van der Waals surface area contributed by atoms with Crippen LogP contribution in [0.25, 0.3) is 0 Å². The van der Waals surface area contributed by atoms with Crippen LogP contribution in [0.4, 0.5) is 9.18 Å². The highest BCUT2D eigenvalue weighted by Crippen LogP contribution is 2.08. The van der Waals surface area contributed by atoms with Crippen molar-refractivity contribution in [2.75, 3.05) is 13.6 Å². The van der Waals surface area contributed by atoms with Crippen molar-refractivity contribution in [1.82, 2.24) is 10.2 Å². The number of urea groups is 1. The molecule has 0 radical (unpaired) electrons. The number of benzene rings is 1. The Morgan fingerprint density at radius 3 is 2.67 bits per heavy atom. The van der Waals surface area contributed by atoms with E-state index in [1.807, 2.05) is 0 Å². The Balaban J connectivity index is 2.45. The molecule has 0 aliphatic carbocycles. The molecule has 0 atom stereocenters. The summed E-state index contributed by atoms with van der Waals surface area (Å²) in [4.78, 5) is 23.1. The van der Waals surface area contributed by atoms with Crippen molar-refractivity contribution >= 4 is 12.0 Å². The lowest BCUT2D eigenvalue weighted by Gasteiger charge is -2.18. The third kappa shape index (κ3) is 4.40. The summed E-state index contributed by atoms with van der Waals surface area (Å²) in [5.41, 5.74) is 0.411. The van der Waals surface area contributed by atoms with Crippen molar-refractivity contribution in [1.29, 1.82) is 0 Å². The van der Waals surface area contributed by atoms with E-state index in [9.17, 15) is 14.0 Å². The zero-order valence-corrected chi connectivity index (χ0v) is 10.0. The Morgan fingerprint density at radius 1 is 1.39 bits per heavy atom. The van der Waals surface area contributed by atoms with Gasteiger partial charge >= 0.3 is 12.0 Å². The summed E-state index contributed by atoms with van der Waals surface area (Å²) >= 11 is 0. The monoisotopic (exact) mass is 254 g/mol. The summed E-state index contributed by atoms with van der Waals surface area (Å²) in [7, 11) is 1.52. The summed E-state index contributed by atoms with van der Waals surface area (Å²) in [6.45, 7) is 0.182. The first-order valence-corrected chi connectivity index (χ1v) is 5.45. The highest BCUT2D eigenvalue weighted by Gasteiger charge is 2.11. The molecule has 0 fully saturated rings. The number of carbonyl (C=O) groups is 2. The molecule has 1 aromatic carbocycles. The van der Waals surface area contributed by atoms with Crippen LogP contribution >= 0.6 is 0 Å². The summed E-state index contributed by atoms with van der Waals surface area (Å²) in [5.74, 6) is -1.35. The van der Waals surface area contributed by atoms with Crippen LogP contribution in [-0.4, -0.2) is 35.6 Å². The van der Waals surface area contributed by atoms with Gasteiger partial charge in [0.1, 0.15) is 5.82 Å². The number of carboxylic acids is 1. The van der Waals surface area contributed by atoms with Crippen LogP contribution in [0.2, 0.25) is 0 Å². The predicted octanol–water partition coefficient (Wildman–Crippen LogP) is 1.44. The molecule has 98 valence electrons. The molecular formula is C12H15FN2O3. The Hall–Kier alpha value is -2.11. The molecule has 6 heteroatoms. The molecule has 18 heavy (non-hydrogen) atoms. The number of halogens is 1. The molecule has 0 spiro atoms. The first-order valence-electron chi connectivity index (χ1n) is 5.45. The average molecular weight is 254 g/mol. The van der Waals surface area contributed by atoms with E-state index >= 15 is 0 Å². The maximum Gasteiger partial charge on any atom is 0.317 e. The zero-order valence-electron chi connectivity index (χ0n) is 10.0. The number of rotatable bonds is 5. The molecule has 0 bridgehead atoms. The van der Waals surface area contributed by atoms with Gasteiger partial charge in [-0.2, -0.15) is 0 Å². The number of nitrogens with zero attached hydrogens (tertiary/aromatic N) is 1. The molecule has 2 amide bonds. The van der Waals surface area contributed by atoms with Crippen LogP contribution in [0.5, 0.6) is 0 Å². The number of hydrogen-bond acceptors (Lipinski definition) is 2. The molecule has 0 aliphatic heterocycles. The fourth-order valence-electron chi connectivity index (χ4n) is 1.37. The second-order valence-corrected chi connectivity index (χ2v) is 3.82. The first-order chi connectivity index (χ1) is 8.50. The highest BCUT2D eigenvalue weighted by molar-refractivity contribution is 5.75. The number of nitrogens with one attached hydrogen (secondary N) is 1. The summed E-state index contributed by atoms with van der Waals surface area (Å²) < 4.78 is 13.3. The number of carbonyl (C=O) groups excluding carboxylic acids is 1. The minimum absolute atomic E-state index is 0.0514. The van der Waals surface area contributed by atoms with Crippen LogP contribution in [0.1, 0.15) is 12.0 Å². The molecule has 0 saturated heterocycles. The SMILES string of the molecule is CN(Cc1ccccc1F)C(=O)NCCC(=O)O. The Bertz CT molecular complexity index is 437. The van der Waals surface area contributed by atoms with E-state index in [0.29, 0.717) is 5.56 Å². The number of aliphatic carboxylic acids is 1. The summed E-state index contributed by atoms with van der Waals surface area (Å²) in [6.07, 6.45) is -0.140. The molecule has 2 N–H and O–H groups in total. The van der Waals surface area contributed by atoms with Crippen LogP contribution < -0.4 is 5.32 Å². The van der Waals surface area contributed by atoms with Crippen molar-refractivity contribution < 1.29 is 19.1 Å². The van der Waals surface area contributed by atoms with Crippen molar-refractivity contribution in [2.24, 2.45) is 0 Å². The fourth-order valence-corrected chi connectivity index (χ4v) is 1.37. The van der Waals surface area contributed by atoms with E-state index in [0.717, 1.165) is 0 Å². The Kier molecular flexibility index (Phi) is 5.10. The molecule has 0 aromatic heterocycles. The van der Waals surface area contributed by atoms with Gasteiger partial charge in [-0.1, -0.05) is 18.2 Å². The summed E-state index contributed by atoms with van der Waals surface area (Å²) in [5, 5.41) is 10.9. The lowest BCUT2D eigenvalue weighted by atomic mass is 10.2. The number of amides is 2. The largest absolute Gasteiger partial charge is 0.481 e. The molecule has 1 aromatic rings. The smallest absolute Gasteiger partial charge is 0.317 e. The molecular weight excluding hydrogens is 239 g/mol. The Labute approximate surface area is 104 Å². The molecule has 0 unspecified atom stereocenters. The van der Waals surface area contributed by atoms with Gasteiger partial charge in [0.25, 0.3) is 0 Å². The van der Waals surface area contributed by atoms with Gasteiger partial charge in [-0.25, -0.2) is 9.18 Å². The van der Waals surface area contributed by atoms with Gasteiger partial charge in [0.2, 0.25) is 0 Å². The van der Waals surface area contributed by atoms with Gasteiger partial charge in [0, 0.05) is 25.7 Å². The van der Waals surface area contributed by atoms with E-state index in [4.69, 9.17) is 5.11 Å². The number of hydrogen-bond donors (Lipinski definition) is 2. The lowest BCUT2D eigenvalue weighted by molar-refractivity contribution is -0.136. The van der Waals surface area contributed by atoms with E-state index in [1.54, 1.807) is 18.2 Å². The second-order valence-electron chi connectivity index (χ2n) is 3.82. The average Bonchev–Trinajstić information content (AvgIpc) is 2.31. The Morgan fingerprint density at radius 2 is 2.06 bits per heavy atom. The van der Waals surface area contributed by atoms with Gasteiger partial charge in [0.05, 0.1) is 6.42 Å². The quantitative estimate of drug-likeness (QED) is 0.835. The maximum absolute atomic E-state index is 13.3. The number of carboxylic acid groups (broad SMARTS) is 1. The van der Waals surface area contributed by atoms with E-state index < -0.39 is 12.0 Å². The van der Waals surface area contributed by atoms with Crippen molar-refractivity contribution in [3.63, 3.8) is 0 Å². The van der Waals surface area contributed by atoms with E-state index in [2.05, 4.69) is 5.32 Å². The third-order valence-electron chi connectivity index (χ3n) is 2.33. The van der Waals surface area contributed by atoms with Gasteiger partial charge in [-0.05, 0) is 6.07 Å². The topological polar surface area (TPSA) is 69.6 Å². The minimum Gasteiger partial charge on any atom is -0.481 e. The van der Waals surface area contributed by atoms with Gasteiger partial charge in [-0.15, -0.1) is 0 Å². The molecule has 0 aliphatic rings. The molecule has 0 heterocycles. The first kappa shape index (κ1) is 14.0. The van der Waals surface area contributed by atoms with Crippen LogP contribution in [0.15, 0.2) is 24.3 Å². The van der Waals surface area contributed by atoms with Crippen LogP contribution in [0, 0.1) is 5.82 Å². The molecule has 5 nitrogen and oxygen atoms in total. The standard InChI is InChI=1S/C12H15FN2O3/c1-15(12(18)14-7-6-11(16)17)8-9-4-2-3-5-10(9)13/h2-5H,6-8H2,1H3,(H,14,18)(H,16,17). The maximum atomic E-state index is 13.3. The van der Waals surface area contributed by atoms with E-state index in [1.165, 1.54) is 18.0 Å². The molecule has 1 rings (SSSR count). The predicted molar refractivity (Wildman–Crippen MR) is 63.5 cm³/mol. The van der Waals surface area contributed by atoms with Gasteiger partial charge in [0.15, 0.2) is 0 Å². The van der Waals surface area contributed by atoms with Crippen molar-refractivity contribution in [2.45, 2.75) is 13.0 Å². The highest BCUT2D eigenvalue weighted by atomic mass is 19.1.